The average molecular weight is 298 g/mol. The van der Waals surface area contributed by atoms with Crippen molar-refractivity contribution in [1.29, 1.82) is 0 Å². The third-order valence-corrected chi connectivity index (χ3v) is 5.33. The molecule has 1 saturated carbocycles. The second-order valence-corrected chi connectivity index (χ2v) is 6.97. The quantitative estimate of drug-likeness (QED) is 0.699. The molecular weight excluding hydrogens is 268 g/mol. The maximum Gasteiger partial charge on any atom is 0.308 e. The molecule has 122 valence electrons. The lowest BCUT2D eigenvalue weighted by atomic mass is 9.61. The van der Waals surface area contributed by atoms with Gasteiger partial charge in [0.25, 0.3) is 0 Å². The molecule has 0 aromatic heterocycles. The predicted molar refractivity (Wildman–Crippen MR) is 82.7 cm³/mol. The van der Waals surface area contributed by atoms with Crippen LogP contribution in [-0.4, -0.2) is 29.6 Å². The number of nitrogens with two attached hydrogens (primary N) is 1. The zero-order chi connectivity index (χ0) is 16.2. The number of amides is 1. The minimum atomic E-state index is -0.838. The van der Waals surface area contributed by atoms with Crippen molar-refractivity contribution in [2.75, 3.05) is 6.54 Å². The van der Waals surface area contributed by atoms with Gasteiger partial charge in [0.2, 0.25) is 5.91 Å². The summed E-state index contributed by atoms with van der Waals surface area (Å²) in [6, 6.07) is 0.135. The molecule has 4 unspecified atom stereocenters. The Morgan fingerprint density at radius 3 is 2.52 bits per heavy atom. The van der Waals surface area contributed by atoms with E-state index in [-0.39, 0.29) is 35.7 Å². The van der Waals surface area contributed by atoms with Gasteiger partial charge in [0.05, 0.1) is 5.92 Å². The number of carbonyl (C=O) groups is 2. The fraction of sp³-hybridized carbons (Fsp3) is 0.875. The van der Waals surface area contributed by atoms with Crippen molar-refractivity contribution in [1.82, 2.24) is 5.32 Å². The highest BCUT2D eigenvalue weighted by atomic mass is 16.4. The van der Waals surface area contributed by atoms with Gasteiger partial charge in [0.1, 0.15) is 0 Å². The lowest BCUT2D eigenvalue weighted by molar-refractivity contribution is -0.142. The van der Waals surface area contributed by atoms with Crippen molar-refractivity contribution < 1.29 is 14.7 Å². The highest BCUT2D eigenvalue weighted by Gasteiger charge is 2.45. The fourth-order valence-electron chi connectivity index (χ4n) is 3.33. The van der Waals surface area contributed by atoms with E-state index in [9.17, 15) is 9.59 Å². The molecule has 1 aliphatic rings. The summed E-state index contributed by atoms with van der Waals surface area (Å²) in [4.78, 5) is 23.6. The number of carbonyl (C=O) groups excluding carboxylic acids is 1. The minimum absolute atomic E-state index is 0.0268. The van der Waals surface area contributed by atoms with Crippen LogP contribution in [0.4, 0.5) is 0 Å². The normalized spacial score (nSPS) is 29.7. The number of rotatable bonds is 6. The summed E-state index contributed by atoms with van der Waals surface area (Å²) < 4.78 is 0. The van der Waals surface area contributed by atoms with Crippen molar-refractivity contribution in [3.8, 4) is 0 Å². The summed E-state index contributed by atoms with van der Waals surface area (Å²) in [7, 11) is 0. The Bertz CT molecular complexity index is 382. The van der Waals surface area contributed by atoms with Crippen LogP contribution in [0.25, 0.3) is 0 Å². The average Bonchev–Trinajstić information content (AvgIpc) is 2.40. The molecule has 0 bridgehead atoms. The van der Waals surface area contributed by atoms with Gasteiger partial charge in [-0.25, -0.2) is 0 Å². The van der Waals surface area contributed by atoms with Gasteiger partial charge in [-0.05, 0) is 30.6 Å². The second-order valence-electron chi connectivity index (χ2n) is 6.97. The van der Waals surface area contributed by atoms with Crippen molar-refractivity contribution in [3.05, 3.63) is 0 Å². The third kappa shape index (κ3) is 4.19. The Balaban J connectivity index is 2.64. The van der Waals surface area contributed by atoms with E-state index in [1.165, 1.54) is 0 Å². The van der Waals surface area contributed by atoms with Crippen LogP contribution in [0.15, 0.2) is 0 Å². The molecule has 0 aliphatic heterocycles. The minimum Gasteiger partial charge on any atom is -0.481 e. The number of aliphatic carboxylic acids is 1. The van der Waals surface area contributed by atoms with Gasteiger partial charge < -0.3 is 16.2 Å². The van der Waals surface area contributed by atoms with E-state index in [1.807, 2.05) is 6.92 Å². The first-order chi connectivity index (χ1) is 9.71. The topological polar surface area (TPSA) is 92.4 Å². The van der Waals surface area contributed by atoms with E-state index >= 15 is 0 Å². The van der Waals surface area contributed by atoms with Crippen LogP contribution in [0.3, 0.4) is 0 Å². The molecule has 1 aliphatic carbocycles. The van der Waals surface area contributed by atoms with Crippen LogP contribution >= 0.6 is 0 Å². The molecule has 0 radical (unpaired) electrons. The molecule has 0 aromatic rings. The number of hydrogen-bond acceptors (Lipinski definition) is 3. The van der Waals surface area contributed by atoms with Crippen molar-refractivity contribution in [2.24, 2.45) is 28.9 Å². The summed E-state index contributed by atoms with van der Waals surface area (Å²) in [5.41, 5.74) is 5.95. The molecule has 1 rings (SSSR count). The van der Waals surface area contributed by atoms with Crippen LogP contribution < -0.4 is 11.1 Å². The lowest BCUT2D eigenvalue weighted by Gasteiger charge is -2.46. The summed E-state index contributed by atoms with van der Waals surface area (Å²) in [5.74, 6) is -1.18. The Hall–Kier alpha value is -1.10. The smallest absolute Gasteiger partial charge is 0.308 e. The summed E-state index contributed by atoms with van der Waals surface area (Å²) >= 11 is 0. The molecule has 0 aromatic carbocycles. The maximum absolute atomic E-state index is 12.5. The van der Waals surface area contributed by atoms with Crippen molar-refractivity contribution in [3.63, 3.8) is 0 Å². The van der Waals surface area contributed by atoms with Gasteiger partial charge in [0.15, 0.2) is 0 Å². The third-order valence-electron chi connectivity index (χ3n) is 5.33. The molecule has 0 saturated heterocycles. The highest BCUT2D eigenvalue weighted by Crippen LogP contribution is 2.44. The lowest BCUT2D eigenvalue weighted by Crippen LogP contribution is -2.52. The van der Waals surface area contributed by atoms with Crippen molar-refractivity contribution >= 4 is 11.9 Å². The number of carboxylic acid groups (broad SMARTS) is 1. The first-order valence-electron chi connectivity index (χ1n) is 7.97. The number of hydrogen-bond donors (Lipinski definition) is 3. The molecule has 4 atom stereocenters. The van der Waals surface area contributed by atoms with E-state index in [0.29, 0.717) is 6.42 Å². The van der Waals surface area contributed by atoms with Crippen LogP contribution in [0.1, 0.15) is 53.4 Å². The summed E-state index contributed by atoms with van der Waals surface area (Å²) in [6.45, 7) is 8.44. The standard InChI is InChI=1S/C16H30N2O3/c1-5-6-11(15(20)21)9-18-14(19)12-7-8-13(17)10(2)16(12,3)4/h10-13H,5-9,17H2,1-4H3,(H,18,19)(H,20,21). The summed E-state index contributed by atoms with van der Waals surface area (Å²) in [5, 5.41) is 12.0. The van der Waals surface area contributed by atoms with Gasteiger partial charge in [-0.15, -0.1) is 0 Å². The molecule has 0 heterocycles. The zero-order valence-corrected chi connectivity index (χ0v) is 13.7. The van der Waals surface area contributed by atoms with Crippen LogP contribution in [0, 0.1) is 23.2 Å². The molecule has 1 amide bonds. The largest absolute Gasteiger partial charge is 0.481 e. The first-order valence-corrected chi connectivity index (χ1v) is 7.97. The Morgan fingerprint density at radius 2 is 2.00 bits per heavy atom. The fourth-order valence-corrected chi connectivity index (χ4v) is 3.33. The highest BCUT2D eigenvalue weighted by molar-refractivity contribution is 5.80. The van der Waals surface area contributed by atoms with Crippen molar-refractivity contribution in [2.45, 2.75) is 59.4 Å². The molecular formula is C16H30N2O3. The molecule has 5 heteroatoms. The SMILES string of the molecule is CCCC(CNC(=O)C1CCC(N)C(C)C1(C)C)C(=O)O. The molecule has 5 nitrogen and oxygen atoms in total. The predicted octanol–water partition coefficient (Wildman–Crippen LogP) is 2.00. The number of nitrogens with one attached hydrogen (secondary N) is 1. The molecule has 1 fully saturated rings. The Morgan fingerprint density at radius 1 is 1.38 bits per heavy atom. The van der Waals surface area contributed by atoms with Crippen LogP contribution in [-0.2, 0) is 9.59 Å². The van der Waals surface area contributed by atoms with Crippen LogP contribution in [0.2, 0.25) is 0 Å². The maximum atomic E-state index is 12.5. The number of carboxylic acids is 1. The van der Waals surface area contributed by atoms with E-state index in [0.717, 1.165) is 19.3 Å². The molecule has 0 spiro atoms. The Labute approximate surface area is 127 Å². The van der Waals surface area contributed by atoms with Crippen LogP contribution in [0.5, 0.6) is 0 Å². The van der Waals surface area contributed by atoms with E-state index in [4.69, 9.17) is 10.8 Å². The van der Waals surface area contributed by atoms with Gasteiger partial charge in [-0.1, -0.05) is 34.1 Å². The monoisotopic (exact) mass is 298 g/mol. The first kappa shape index (κ1) is 18.0. The summed E-state index contributed by atoms with van der Waals surface area (Å²) in [6.07, 6.45) is 3.01. The van der Waals surface area contributed by atoms with Gasteiger partial charge in [-0.3, -0.25) is 9.59 Å². The van der Waals surface area contributed by atoms with Gasteiger partial charge in [0, 0.05) is 18.5 Å². The zero-order valence-electron chi connectivity index (χ0n) is 13.7. The van der Waals surface area contributed by atoms with Gasteiger partial charge >= 0.3 is 5.97 Å². The molecule has 21 heavy (non-hydrogen) atoms. The van der Waals surface area contributed by atoms with E-state index < -0.39 is 11.9 Å². The second kappa shape index (κ2) is 7.25. The van der Waals surface area contributed by atoms with E-state index in [2.05, 4.69) is 26.1 Å². The Kier molecular flexibility index (Phi) is 6.20. The molecule has 4 N–H and O–H groups in total. The van der Waals surface area contributed by atoms with E-state index in [1.54, 1.807) is 0 Å². The van der Waals surface area contributed by atoms with Gasteiger partial charge in [-0.2, -0.15) is 0 Å².